The molecule has 4 aliphatic rings. The summed E-state index contributed by atoms with van der Waals surface area (Å²) in [4.78, 5) is 2.52. The van der Waals surface area contributed by atoms with Gasteiger partial charge in [-0.25, -0.2) is 0 Å². The zero-order valence-corrected chi connectivity index (χ0v) is 29.1. The van der Waals surface area contributed by atoms with Crippen molar-refractivity contribution in [2.24, 2.45) is 5.92 Å². The van der Waals surface area contributed by atoms with Gasteiger partial charge in [0, 0.05) is 39.9 Å². The molecule has 0 saturated carbocycles. The summed E-state index contributed by atoms with van der Waals surface area (Å²) in [6, 6.07) is 46.8. The number of benzene rings is 5. The first-order chi connectivity index (χ1) is 25.7. The van der Waals surface area contributed by atoms with Crippen molar-refractivity contribution in [3.8, 4) is 28.3 Å². The molecule has 1 atom stereocenters. The molecular formula is C49H39N3. The SMILES string of the molecule is N#Cc1cc(-c2ccccc2)cc(-c2ccc(N3C4=CC=C(C5=CC(c6ccccc6Nc6ccccc6)=CCC5)CC4C4=C3CCC=C4)cc2)c1. The van der Waals surface area contributed by atoms with Gasteiger partial charge in [0.1, 0.15) is 0 Å². The van der Waals surface area contributed by atoms with Crippen molar-refractivity contribution in [1.29, 1.82) is 5.26 Å². The van der Waals surface area contributed by atoms with Crippen molar-refractivity contribution < 1.29 is 0 Å². The van der Waals surface area contributed by atoms with E-state index >= 15 is 0 Å². The zero-order chi connectivity index (χ0) is 34.9. The monoisotopic (exact) mass is 669 g/mol. The van der Waals surface area contributed by atoms with Crippen molar-refractivity contribution in [2.45, 2.75) is 32.1 Å². The summed E-state index contributed by atoms with van der Waals surface area (Å²) in [5.41, 5.74) is 18.1. The number of hydrogen-bond acceptors (Lipinski definition) is 3. The van der Waals surface area contributed by atoms with Gasteiger partial charge < -0.3 is 10.2 Å². The van der Waals surface area contributed by atoms with Gasteiger partial charge in [0.2, 0.25) is 0 Å². The van der Waals surface area contributed by atoms with E-state index in [1.807, 2.05) is 30.3 Å². The van der Waals surface area contributed by atoms with Crippen molar-refractivity contribution >= 4 is 22.6 Å². The van der Waals surface area contributed by atoms with Gasteiger partial charge in [-0.15, -0.1) is 0 Å². The molecule has 3 aliphatic carbocycles. The average molecular weight is 670 g/mol. The molecule has 0 amide bonds. The van der Waals surface area contributed by atoms with Crippen LogP contribution in [0.25, 0.3) is 27.8 Å². The van der Waals surface area contributed by atoms with Crippen LogP contribution in [0.4, 0.5) is 17.1 Å². The second kappa shape index (κ2) is 13.7. The first kappa shape index (κ1) is 31.6. The molecule has 0 spiro atoms. The van der Waals surface area contributed by atoms with Gasteiger partial charge in [-0.3, -0.25) is 0 Å². The largest absolute Gasteiger partial charge is 0.355 e. The molecular weight excluding hydrogens is 631 g/mol. The highest BCUT2D eigenvalue weighted by molar-refractivity contribution is 5.86. The number of para-hydroxylation sites is 2. The molecule has 1 unspecified atom stereocenters. The summed E-state index contributed by atoms with van der Waals surface area (Å²) in [6.07, 6.45) is 19.6. The van der Waals surface area contributed by atoms with Gasteiger partial charge >= 0.3 is 0 Å². The van der Waals surface area contributed by atoms with Gasteiger partial charge in [0.05, 0.1) is 11.6 Å². The molecule has 250 valence electrons. The third-order valence-electron chi connectivity index (χ3n) is 10.8. The maximum Gasteiger partial charge on any atom is 0.0992 e. The highest BCUT2D eigenvalue weighted by atomic mass is 15.2. The van der Waals surface area contributed by atoms with E-state index in [9.17, 15) is 5.26 Å². The molecule has 1 heterocycles. The molecule has 5 aromatic carbocycles. The smallest absolute Gasteiger partial charge is 0.0992 e. The van der Waals surface area contributed by atoms with E-state index in [1.54, 1.807) is 0 Å². The molecule has 0 radical (unpaired) electrons. The Hall–Kier alpha value is -6.37. The summed E-state index contributed by atoms with van der Waals surface area (Å²) >= 11 is 0. The van der Waals surface area contributed by atoms with E-state index in [0.29, 0.717) is 11.5 Å². The lowest BCUT2D eigenvalue weighted by Gasteiger charge is -2.29. The van der Waals surface area contributed by atoms with Crippen molar-refractivity contribution in [2.75, 3.05) is 10.2 Å². The van der Waals surface area contributed by atoms with Gasteiger partial charge in [-0.1, -0.05) is 109 Å². The standard InChI is InChI=1S/C49H39N3/c50-33-34-28-40(35-12-3-1-4-13-35)31-41(29-34)36-22-25-43(26-23-36)52-48-21-10-8-19-45(48)46-32-38(24-27-49(46)52)37-14-11-15-39(30-37)44-18-7-9-20-47(44)51-42-16-5-2-6-17-42/h1-9,12-13,15-20,22-31,46,51H,10-11,14,21,32H2. The Bertz CT molecular complexity index is 2400. The van der Waals surface area contributed by atoms with Gasteiger partial charge in [0.15, 0.2) is 0 Å². The van der Waals surface area contributed by atoms with Gasteiger partial charge in [0.25, 0.3) is 0 Å². The maximum absolute atomic E-state index is 9.83. The fraction of sp³-hybridized carbons (Fsp3) is 0.122. The fourth-order valence-corrected chi connectivity index (χ4v) is 8.25. The Kier molecular flexibility index (Phi) is 8.35. The molecule has 0 fully saturated rings. The second-order valence-electron chi connectivity index (χ2n) is 13.9. The third-order valence-corrected chi connectivity index (χ3v) is 10.8. The molecule has 52 heavy (non-hydrogen) atoms. The van der Waals surface area contributed by atoms with Crippen molar-refractivity contribution in [3.63, 3.8) is 0 Å². The minimum Gasteiger partial charge on any atom is -0.355 e. The van der Waals surface area contributed by atoms with Crippen LogP contribution in [0.5, 0.6) is 0 Å². The minimum absolute atomic E-state index is 0.342. The molecule has 1 aliphatic heterocycles. The number of anilines is 3. The minimum atomic E-state index is 0.342. The molecule has 3 nitrogen and oxygen atoms in total. The van der Waals surface area contributed by atoms with E-state index < -0.39 is 0 Å². The van der Waals surface area contributed by atoms with Crippen LogP contribution in [0.2, 0.25) is 0 Å². The van der Waals surface area contributed by atoms with Crippen molar-refractivity contribution in [3.05, 3.63) is 203 Å². The summed E-state index contributed by atoms with van der Waals surface area (Å²) < 4.78 is 0. The van der Waals surface area contributed by atoms with Crippen molar-refractivity contribution in [1.82, 2.24) is 0 Å². The highest BCUT2D eigenvalue weighted by Crippen LogP contribution is 2.50. The van der Waals surface area contributed by atoms with Crippen LogP contribution in [0.3, 0.4) is 0 Å². The van der Waals surface area contributed by atoms with Crippen LogP contribution >= 0.6 is 0 Å². The first-order valence-electron chi connectivity index (χ1n) is 18.4. The number of nitriles is 1. The van der Waals surface area contributed by atoms with Crippen LogP contribution in [0, 0.1) is 17.2 Å². The van der Waals surface area contributed by atoms with E-state index in [4.69, 9.17) is 0 Å². The van der Waals surface area contributed by atoms with Crippen LogP contribution < -0.4 is 10.2 Å². The lowest BCUT2D eigenvalue weighted by Crippen LogP contribution is -2.21. The Labute approximate surface area is 306 Å². The molecule has 0 aromatic heterocycles. The first-order valence-corrected chi connectivity index (χ1v) is 18.4. The topological polar surface area (TPSA) is 39.1 Å². The maximum atomic E-state index is 9.83. The summed E-state index contributed by atoms with van der Waals surface area (Å²) in [7, 11) is 0. The molecule has 3 heteroatoms. The van der Waals surface area contributed by atoms with Gasteiger partial charge in [-0.05, 0) is 131 Å². The van der Waals surface area contributed by atoms with Crippen LogP contribution in [-0.2, 0) is 0 Å². The van der Waals surface area contributed by atoms with E-state index in [0.717, 1.165) is 65.7 Å². The Morgan fingerprint density at radius 2 is 1.40 bits per heavy atom. The number of allylic oxidation sites excluding steroid dienone is 11. The summed E-state index contributed by atoms with van der Waals surface area (Å²) in [6.45, 7) is 0. The zero-order valence-electron chi connectivity index (χ0n) is 29.1. The quantitative estimate of drug-likeness (QED) is 0.187. The fourth-order valence-electron chi connectivity index (χ4n) is 8.25. The van der Waals surface area contributed by atoms with Crippen LogP contribution in [0.15, 0.2) is 192 Å². The number of hydrogen-bond donors (Lipinski definition) is 1. The molecule has 0 bridgehead atoms. The normalized spacial score (nSPS) is 17.7. The summed E-state index contributed by atoms with van der Waals surface area (Å²) in [5.74, 6) is 0.342. The average Bonchev–Trinajstić information content (AvgIpc) is 3.55. The number of nitrogens with zero attached hydrogens (tertiary/aromatic N) is 2. The summed E-state index contributed by atoms with van der Waals surface area (Å²) in [5, 5.41) is 13.5. The third kappa shape index (κ3) is 6.03. The molecule has 0 saturated heterocycles. The van der Waals surface area contributed by atoms with Crippen LogP contribution in [0.1, 0.15) is 43.2 Å². The lowest BCUT2D eigenvalue weighted by molar-refractivity contribution is 0.715. The predicted octanol–water partition coefficient (Wildman–Crippen LogP) is 12.7. The lowest BCUT2D eigenvalue weighted by atomic mass is 9.80. The molecule has 9 rings (SSSR count). The number of rotatable bonds is 7. The Balaban J connectivity index is 1.02. The van der Waals surface area contributed by atoms with Gasteiger partial charge in [-0.2, -0.15) is 5.26 Å². The van der Waals surface area contributed by atoms with E-state index in [1.165, 1.54) is 44.9 Å². The predicted molar refractivity (Wildman–Crippen MR) is 216 cm³/mol. The molecule has 5 aromatic rings. The number of fused-ring (bicyclic) bond motifs is 2. The Morgan fingerprint density at radius 3 is 2.19 bits per heavy atom. The highest BCUT2D eigenvalue weighted by Gasteiger charge is 2.38. The van der Waals surface area contributed by atoms with Crippen LogP contribution in [-0.4, -0.2) is 0 Å². The second-order valence-corrected chi connectivity index (χ2v) is 13.9. The van der Waals surface area contributed by atoms with E-state index in [-0.39, 0.29) is 0 Å². The molecule has 1 N–H and O–H groups in total. The van der Waals surface area contributed by atoms with E-state index in [2.05, 4.69) is 150 Å². The Morgan fingerprint density at radius 1 is 0.673 bits per heavy atom. The number of nitrogens with one attached hydrogen (secondary N) is 1.